The number of amides is 1. The van der Waals surface area contributed by atoms with Crippen LogP contribution >= 0.6 is 0 Å². The highest BCUT2D eigenvalue weighted by molar-refractivity contribution is 5.82. The second kappa shape index (κ2) is 7.09. The van der Waals surface area contributed by atoms with E-state index in [0.29, 0.717) is 11.3 Å². The first-order chi connectivity index (χ1) is 10.5. The van der Waals surface area contributed by atoms with Gasteiger partial charge in [-0.2, -0.15) is 0 Å². The van der Waals surface area contributed by atoms with Gasteiger partial charge in [0.1, 0.15) is 5.75 Å². The van der Waals surface area contributed by atoms with Crippen LogP contribution in [0, 0.1) is 6.92 Å². The lowest BCUT2D eigenvalue weighted by molar-refractivity contribution is -0.130. The highest BCUT2D eigenvalue weighted by Crippen LogP contribution is 2.21. The second-order valence-electron chi connectivity index (χ2n) is 5.27. The predicted octanol–water partition coefficient (Wildman–Crippen LogP) is 2.91. The van der Waals surface area contributed by atoms with Gasteiger partial charge in [-0.25, -0.2) is 0 Å². The molecule has 0 spiro atoms. The first kappa shape index (κ1) is 16.0. The molecule has 0 saturated carbocycles. The minimum Gasteiger partial charge on any atom is -0.497 e. The number of carbonyl (C=O) groups is 1. The Kier molecular flexibility index (Phi) is 5.17. The maximum atomic E-state index is 12.2. The molecular formula is C18H21NO3. The van der Waals surface area contributed by atoms with Gasteiger partial charge >= 0.3 is 0 Å². The molecule has 2 atom stereocenters. The van der Waals surface area contributed by atoms with E-state index in [1.54, 1.807) is 31.4 Å². The summed E-state index contributed by atoms with van der Waals surface area (Å²) in [5.41, 5.74) is 2.65. The number of ether oxygens (including phenoxy) is 1. The molecule has 0 saturated heterocycles. The van der Waals surface area contributed by atoms with Gasteiger partial charge in [-0.15, -0.1) is 0 Å². The van der Waals surface area contributed by atoms with E-state index in [1.807, 2.05) is 38.1 Å². The first-order valence-corrected chi connectivity index (χ1v) is 7.21. The number of aryl methyl sites for hydroxylation is 1. The van der Waals surface area contributed by atoms with Gasteiger partial charge in [0.25, 0.3) is 5.91 Å². The molecule has 2 rings (SSSR count). The van der Waals surface area contributed by atoms with Crippen LogP contribution in [0.2, 0.25) is 0 Å². The van der Waals surface area contributed by atoms with Gasteiger partial charge in [0.2, 0.25) is 0 Å². The number of aliphatic hydroxyl groups is 1. The van der Waals surface area contributed by atoms with Crippen molar-refractivity contribution in [1.82, 2.24) is 5.32 Å². The number of aliphatic hydroxyl groups excluding tert-OH is 1. The Morgan fingerprint density at radius 1 is 1.18 bits per heavy atom. The molecule has 22 heavy (non-hydrogen) atoms. The third kappa shape index (κ3) is 3.65. The number of hydrogen-bond acceptors (Lipinski definition) is 3. The van der Waals surface area contributed by atoms with Gasteiger partial charge in [-0.3, -0.25) is 4.79 Å². The van der Waals surface area contributed by atoms with E-state index in [-0.39, 0.29) is 6.04 Å². The van der Waals surface area contributed by atoms with Crippen LogP contribution < -0.4 is 10.1 Å². The molecule has 1 amide bonds. The maximum Gasteiger partial charge on any atom is 0.253 e. The molecule has 0 heterocycles. The van der Waals surface area contributed by atoms with Gasteiger partial charge in [-0.1, -0.05) is 36.4 Å². The summed E-state index contributed by atoms with van der Waals surface area (Å²) in [6.07, 6.45) is -1.22. The average molecular weight is 299 g/mol. The summed E-state index contributed by atoms with van der Waals surface area (Å²) in [7, 11) is 1.55. The zero-order valence-electron chi connectivity index (χ0n) is 13.0. The van der Waals surface area contributed by atoms with E-state index >= 15 is 0 Å². The van der Waals surface area contributed by atoms with Crippen molar-refractivity contribution in [2.75, 3.05) is 7.11 Å². The molecule has 2 N–H and O–H groups in total. The van der Waals surface area contributed by atoms with E-state index < -0.39 is 12.0 Å². The summed E-state index contributed by atoms with van der Waals surface area (Å²) >= 11 is 0. The lowest BCUT2D eigenvalue weighted by Crippen LogP contribution is -2.31. The molecule has 0 aromatic heterocycles. The zero-order chi connectivity index (χ0) is 16.1. The van der Waals surface area contributed by atoms with Gasteiger partial charge in [-0.05, 0) is 42.7 Å². The number of rotatable bonds is 5. The number of methoxy groups -OCH3 is 1. The lowest BCUT2D eigenvalue weighted by Gasteiger charge is -2.19. The molecule has 2 unspecified atom stereocenters. The normalized spacial score (nSPS) is 13.3. The van der Waals surface area contributed by atoms with Crippen LogP contribution in [0.4, 0.5) is 0 Å². The quantitative estimate of drug-likeness (QED) is 0.892. The monoisotopic (exact) mass is 299 g/mol. The summed E-state index contributed by atoms with van der Waals surface area (Å²) in [5.74, 6) is 0.181. The van der Waals surface area contributed by atoms with Crippen LogP contribution in [-0.4, -0.2) is 18.1 Å². The van der Waals surface area contributed by atoms with E-state index in [9.17, 15) is 9.90 Å². The second-order valence-corrected chi connectivity index (χ2v) is 5.27. The number of hydrogen-bond donors (Lipinski definition) is 2. The largest absolute Gasteiger partial charge is 0.497 e. The lowest BCUT2D eigenvalue weighted by atomic mass is 10.0. The van der Waals surface area contributed by atoms with Crippen molar-refractivity contribution < 1.29 is 14.6 Å². The fraction of sp³-hybridized carbons (Fsp3) is 0.278. The van der Waals surface area contributed by atoms with Crippen LogP contribution in [0.3, 0.4) is 0 Å². The van der Waals surface area contributed by atoms with Crippen molar-refractivity contribution in [2.45, 2.75) is 26.0 Å². The standard InChI is InChI=1S/C18H21NO3/c1-12-7-4-5-10-16(12)13(2)19-18(21)17(20)14-8-6-9-15(11-14)22-3/h4-11,13,17,20H,1-3H3,(H,19,21). The number of benzene rings is 2. The van der Waals surface area contributed by atoms with Crippen LogP contribution in [0.1, 0.15) is 35.8 Å². The molecule has 0 fully saturated rings. The summed E-state index contributed by atoms with van der Waals surface area (Å²) < 4.78 is 5.11. The predicted molar refractivity (Wildman–Crippen MR) is 85.7 cm³/mol. The Labute approximate surface area is 130 Å². The van der Waals surface area contributed by atoms with Gasteiger partial charge in [0.15, 0.2) is 6.10 Å². The zero-order valence-corrected chi connectivity index (χ0v) is 13.0. The summed E-state index contributed by atoms with van der Waals surface area (Å²) in [6.45, 7) is 3.90. The van der Waals surface area contributed by atoms with Crippen molar-refractivity contribution >= 4 is 5.91 Å². The van der Waals surface area contributed by atoms with Gasteiger partial charge in [0.05, 0.1) is 13.2 Å². The topological polar surface area (TPSA) is 58.6 Å². The molecule has 2 aromatic carbocycles. The summed E-state index contributed by atoms with van der Waals surface area (Å²) in [4.78, 5) is 12.2. The third-order valence-corrected chi connectivity index (χ3v) is 3.67. The molecule has 0 aliphatic carbocycles. The molecule has 0 bridgehead atoms. The fourth-order valence-electron chi connectivity index (χ4n) is 2.41. The van der Waals surface area contributed by atoms with Crippen LogP contribution in [0.5, 0.6) is 5.75 Å². The molecule has 116 valence electrons. The molecule has 2 aromatic rings. The Morgan fingerprint density at radius 3 is 2.59 bits per heavy atom. The van der Waals surface area contributed by atoms with Crippen molar-refractivity contribution in [3.05, 3.63) is 65.2 Å². The Balaban J connectivity index is 2.09. The van der Waals surface area contributed by atoms with Crippen molar-refractivity contribution in [3.8, 4) is 5.75 Å². The van der Waals surface area contributed by atoms with E-state index in [0.717, 1.165) is 11.1 Å². The van der Waals surface area contributed by atoms with E-state index in [2.05, 4.69) is 5.32 Å². The van der Waals surface area contributed by atoms with E-state index in [1.165, 1.54) is 0 Å². The smallest absolute Gasteiger partial charge is 0.253 e. The van der Waals surface area contributed by atoms with Crippen LogP contribution in [0.25, 0.3) is 0 Å². The third-order valence-electron chi connectivity index (χ3n) is 3.67. The Bertz CT molecular complexity index is 654. The van der Waals surface area contributed by atoms with Crippen molar-refractivity contribution in [3.63, 3.8) is 0 Å². The molecule has 4 nitrogen and oxygen atoms in total. The highest BCUT2D eigenvalue weighted by Gasteiger charge is 2.20. The first-order valence-electron chi connectivity index (χ1n) is 7.21. The maximum absolute atomic E-state index is 12.2. The minimum absolute atomic E-state index is 0.172. The Hall–Kier alpha value is -2.33. The van der Waals surface area contributed by atoms with Crippen molar-refractivity contribution in [2.24, 2.45) is 0 Å². The van der Waals surface area contributed by atoms with Crippen molar-refractivity contribution in [1.29, 1.82) is 0 Å². The molecular weight excluding hydrogens is 278 g/mol. The SMILES string of the molecule is COc1cccc(C(O)C(=O)NC(C)c2ccccc2C)c1. The summed E-state index contributed by atoms with van der Waals surface area (Å²) in [6, 6.07) is 14.6. The molecule has 0 aliphatic heterocycles. The highest BCUT2D eigenvalue weighted by atomic mass is 16.5. The number of carbonyl (C=O) groups excluding carboxylic acids is 1. The summed E-state index contributed by atoms with van der Waals surface area (Å²) in [5, 5.41) is 13.0. The Morgan fingerprint density at radius 2 is 1.91 bits per heavy atom. The fourth-order valence-corrected chi connectivity index (χ4v) is 2.41. The van der Waals surface area contributed by atoms with Crippen LogP contribution in [-0.2, 0) is 4.79 Å². The number of nitrogens with one attached hydrogen (secondary N) is 1. The van der Waals surface area contributed by atoms with Crippen LogP contribution in [0.15, 0.2) is 48.5 Å². The average Bonchev–Trinajstić information content (AvgIpc) is 2.54. The van der Waals surface area contributed by atoms with Gasteiger partial charge in [0, 0.05) is 0 Å². The van der Waals surface area contributed by atoms with E-state index in [4.69, 9.17) is 4.74 Å². The molecule has 4 heteroatoms. The van der Waals surface area contributed by atoms with Gasteiger partial charge < -0.3 is 15.2 Å². The molecule has 0 aliphatic rings. The molecule has 0 radical (unpaired) electrons. The minimum atomic E-state index is -1.22.